The summed E-state index contributed by atoms with van der Waals surface area (Å²) in [5.74, 6) is 2.49. The van der Waals surface area contributed by atoms with Crippen molar-refractivity contribution in [2.24, 2.45) is 17.8 Å². The van der Waals surface area contributed by atoms with Gasteiger partial charge in [0.05, 0.1) is 6.07 Å². The molecule has 30 heavy (non-hydrogen) atoms. The summed E-state index contributed by atoms with van der Waals surface area (Å²) in [6, 6.07) is 11.1. The number of rotatable bonds is 7. The lowest BCUT2D eigenvalue weighted by molar-refractivity contribution is -0.128. The fourth-order valence-corrected chi connectivity index (χ4v) is 6.04. The number of nitrogens with zero attached hydrogens (tertiary/aromatic N) is 1. The number of hydrogen-bond acceptors (Lipinski definition) is 5. The lowest BCUT2D eigenvalue weighted by Crippen LogP contribution is -2.60. The Bertz CT molecular complexity index is 937. The molecule has 4 aliphatic carbocycles. The van der Waals surface area contributed by atoms with E-state index in [4.69, 9.17) is 9.47 Å². The van der Waals surface area contributed by atoms with E-state index in [-0.39, 0.29) is 29.8 Å². The van der Waals surface area contributed by atoms with Crippen molar-refractivity contribution < 1.29 is 14.3 Å². The van der Waals surface area contributed by atoms with Gasteiger partial charge in [-0.1, -0.05) is 30.3 Å². The van der Waals surface area contributed by atoms with Crippen LogP contribution in [0.1, 0.15) is 44.1 Å². The third-order valence-corrected chi connectivity index (χ3v) is 6.73. The molecule has 1 aromatic heterocycles. The topological polar surface area (TPSA) is 93.3 Å². The molecule has 1 amide bonds. The molecule has 4 bridgehead atoms. The highest BCUT2D eigenvalue weighted by Gasteiger charge is 2.51. The molecule has 0 radical (unpaired) electrons. The van der Waals surface area contributed by atoms with Crippen molar-refractivity contribution in [3.63, 3.8) is 0 Å². The molecule has 0 spiro atoms. The number of carbonyl (C=O) groups is 1. The molecule has 1 aromatic carbocycles. The summed E-state index contributed by atoms with van der Waals surface area (Å²) < 4.78 is 11.2. The zero-order valence-electron chi connectivity index (χ0n) is 16.9. The molecule has 0 aliphatic heterocycles. The van der Waals surface area contributed by atoms with E-state index in [2.05, 4.69) is 15.3 Å². The van der Waals surface area contributed by atoms with Crippen LogP contribution in [0.15, 0.2) is 41.2 Å². The molecule has 1 heterocycles. The Morgan fingerprint density at radius 1 is 1.07 bits per heavy atom. The van der Waals surface area contributed by atoms with Gasteiger partial charge >= 0.3 is 5.69 Å². The number of ether oxygens (including phenoxy) is 2. The zero-order chi connectivity index (χ0) is 20.6. The molecule has 4 aliphatic rings. The first-order valence-corrected chi connectivity index (χ1v) is 10.8. The van der Waals surface area contributed by atoms with Gasteiger partial charge in [-0.15, -0.1) is 0 Å². The number of nitrogens with one attached hydrogen (secondary N) is 2. The summed E-state index contributed by atoms with van der Waals surface area (Å²) >= 11 is 0. The van der Waals surface area contributed by atoms with Crippen LogP contribution in [0.5, 0.6) is 11.8 Å². The van der Waals surface area contributed by atoms with Crippen molar-refractivity contribution in [2.45, 2.75) is 50.7 Å². The van der Waals surface area contributed by atoms with Gasteiger partial charge in [-0.3, -0.25) is 9.78 Å². The molecule has 158 valence electrons. The quantitative estimate of drug-likeness (QED) is 0.734. The van der Waals surface area contributed by atoms with Crippen LogP contribution >= 0.6 is 0 Å². The van der Waals surface area contributed by atoms with Crippen LogP contribution in [0.2, 0.25) is 0 Å². The molecule has 0 unspecified atom stereocenters. The first-order chi connectivity index (χ1) is 14.6. The number of amides is 1. The summed E-state index contributed by atoms with van der Waals surface area (Å²) in [6.45, 7) is 0.156. The van der Waals surface area contributed by atoms with Crippen LogP contribution in [0.25, 0.3) is 0 Å². The van der Waals surface area contributed by atoms with Gasteiger partial charge < -0.3 is 14.8 Å². The molecule has 2 N–H and O–H groups in total. The summed E-state index contributed by atoms with van der Waals surface area (Å²) in [4.78, 5) is 30.8. The SMILES string of the molecule is O=C(COc1cc(OCc2ccccc2)nc(=O)[nH]1)NC12CC3CC(CC(C3)C1)C2. The predicted octanol–water partition coefficient (Wildman–Crippen LogP) is 2.81. The molecular weight excluding hydrogens is 382 g/mol. The third-order valence-electron chi connectivity index (χ3n) is 6.73. The standard InChI is InChI=1S/C23H27N3O4/c27-19(26-23-10-16-6-17(11-23)8-18(7-16)12-23)14-30-21-9-20(24-22(28)25-21)29-13-15-4-2-1-3-5-15/h1-5,9,16-18H,6-8,10-14H2,(H,26,27)(H,24,25,28). The molecule has 6 rings (SSSR count). The van der Waals surface area contributed by atoms with E-state index in [1.165, 1.54) is 25.3 Å². The molecule has 4 saturated carbocycles. The third kappa shape index (κ3) is 4.20. The normalized spacial score (nSPS) is 28.9. The maximum absolute atomic E-state index is 12.6. The maximum Gasteiger partial charge on any atom is 0.351 e. The fourth-order valence-electron chi connectivity index (χ4n) is 6.04. The summed E-state index contributed by atoms with van der Waals surface area (Å²) in [5, 5.41) is 3.27. The van der Waals surface area contributed by atoms with Gasteiger partial charge in [0.15, 0.2) is 6.61 Å². The first kappa shape index (κ1) is 19.2. The largest absolute Gasteiger partial charge is 0.473 e. The highest BCUT2D eigenvalue weighted by Crippen LogP contribution is 2.55. The van der Waals surface area contributed by atoms with E-state index in [0.717, 1.165) is 42.6 Å². The average molecular weight is 409 g/mol. The van der Waals surface area contributed by atoms with Crippen LogP contribution in [0.3, 0.4) is 0 Å². The predicted molar refractivity (Wildman–Crippen MR) is 110 cm³/mol. The number of carbonyl (C=O) groups excluding carboxylic acids is 1. The van der Waals surface area contributed by atoms with E-state index < -0.39 is 5.69 Å². The van der Waals surface area contributed by atoms with E-state index in [1.54, 1.807) is 0 Å². The van der Waals surface area contributed by atoms with Crippen molar-refractivity contribution >= 4 is 5.91 Å². The lowest BCUT2D eigenvalue weighted by atomic mass is 9.53. The van der Waals surface area contributed by atoms with Crippen LogP contribution in [0.4, 0.5) is 0 Å². The minimum Gasteiger partial charge on any atom is -0.473 e. The molecular formula is C23H27N3O4. The van der Waals surface area contributed by atoms with Gasteiger partial charge in [0.1, 0.15) is 6.61 Å². The second-order valence-corrected chi connectivity index (χ2v) is 9.20. The number of benzene rings is 1. The Kier molecular flexibility index (Phi) is 4.97. The van der Waals surface area contributed by atoms with E-state index in [0.29, 0.717) is 6.61 Å². The second kappa shape index (κ2) is 7.78. The second-order valence-electron chi connectivity index (χ2n) is 9.20. The molecule has 0 atom stereocenters. The minimum atomic E-state index is -0.572. The van der Waals surface area contributed by atoms with Crippen LogP contribution in [-0.2, 0) is 11.4 Å². The van der Waals surface area contributed by atoms with Gasteiger partial charge in [-0.05, 0) is 61.8 Å². The Balaban J connectivity index is 1.17. The van der Waals surface area contributed by atoms with Crippen molar-refractivity contribution in [1.82, 2.24) is 15.3 Å². The highest BCUT2D eigenvalue weighted by molar-refractivity contribution is 5.78. The van der Waals surface area contributed by atoms with Gasteiger partial charge in [0.25, 0.3) is 5.91 Å². The van der Waals surface area contributed by atoms with Gasteiger partial charge in [-0.25, -0.2) is 4.79 Å². The number of H-pyrrole nitrogens is 1. The first-order valence-electron chi connectivity index (χ1n) is 10.8. The van der Waals surface area contributed by atoms with Crippen LogP contribution in [0, 0.1) is 17.8 Å². The average Bonchev–Trinajstić information content (AvgIpc) is 2.70. The number of aromatic amines is 1. The highest BCUT2D eigenvalue weighted by atomic mass is 16.5. The Morgan fingerprint density at radius 2 is 1.73 bits per heavy atom. The van der Waals surface area contributed by atoms with Gasteiger partial charge in [0.2, 0.25) is 11.8 Å². The van der Waals surface area contributed by atoms with Crippen molar-refractivity contribution in [2.75, 3.05) is 6.61 Å². The smallest absolute Gasteiger partial charge is 0.351 e. The van der Waals surface area contributed by atoms with E-state index in [1.807, 2.05) is 30.3 Å². The molecule has 7 nitrogen and oxygen atoms in total. The van der Waals surface area contributed by atoms with E-state index in [9.17, 15) is 9.59 Å². The minimum absolute atomic E-state index is 0.0508. The molecule has 2 aromatic rings. The number of hydrogen-bond donors (Lipinski definition) is 2. The Morgan fingerprint density at radius 3 is 2.40 bits per heavy atom. The van der Waals surface area contributed by atoms with Gasteiger partial charge in [-0.2, -0.15) is 4.98 Å². The molecule has 4 fully saturated rings. The van der Waals surface area contributed by atoms with Crippen LogP contribution < -0.4 is 20.5 Å². The Hall–Kier alpha value is -2.83. The number of aromatic nitrogens is 2. The van der Waals surface area contributed by atoms with Crippen molar-refractivity contribution in [3.05, 3.63) is 52.4 Å². The summed E-state index contributed by atoms with van der Waals surface area (Å²) in [6.07, 6.45) is 7.26. The van der Waals surface area contributed by atoms with Crippen LogP contribution in [-0.4, -0.2) is 28.0 Å². The molecule has 0 saturated heterocycles. The van der Waals surface area contributed by atoms with E-state index >= 15 is 0 Å². The zero-order valence-corrected chi connectivity index (χ0v) is 16.9. The maximum atomic E-state index is 12.6. The van der Waals surface area contributed by atoms with Gasteiger partial charge in [0, 0.05) is 5.54 Å². The Labute approximate surface area is 175 Å². The lowest BCUT2D eigenvalue weighted by Gasteiger charge is -2.56. The summed E-state index contributed by atoms with van der Waals surface area (Å²) in [7, 11) is 0. The molecule has 7 heteroatoms. The monoisotopic (exact) mass is 409 g/mol. The summed E-state index contributed by atoms with van der Waals surface area (Å²) in [5.41, 5.74) is 0.346. The van der Waals surface area contributed by atoms with Crippen molar-refractivity contribution in [1.29, 1.82) is 0 Å². The van der Waals surface area contributed by atoms with Crippen molar-refractivity contribution in [3.8, 4) is 11.8 Å². The fraction of sp³-hybridized carbons (Fsp3) is 0.522.